The van der Waals surface area contributed by atoms with E-state index in [9.17, 15) is 18.4 Å². The third-order valence-electron chi connectivity index (χ3n) is 7.14. The zero-order valence-electron chi connectivity index (χ0n) is 19.2. The van der Waals surface area contributed by atoms with E-state index in [2.05, 4.69) is 25.4 Å². The number of carbonyl (C=O) groups is 2. The predicted molar refractivity (Wildman–Crippen MR) is 120 cm³/mol. The summed E-state index contributed by atoms with van der Waals surface area (Å²) in [7, 11) is 0. The summed E-state index contributed by atoms with van der Waals surface area (Å²) in [6, 6.07) is 13.6. The maximum atomic E-state index is 13.2. The maximum Gasteiger partial charge on any atom is 0.586 e. The number of fused-ring (bicyclic) bond motifs is 2. The summed E-state index contributed by atoms with van der Waals surface area (Å²) >= 11 is 0. The summed E-state index contributed by atoms with van der Waals surface area (Å²) in [5, 5.41) is 9.34. The normalized spacial score (nSPS) is 30.9. The van der Waals surface area contributed by atoms with Crippen molar-refractivity contribution >= 4 is 11.8 Å². The third kappa shape index (κ3) is 4.44. The topological polar surface area (TPSA) is 107 Å². The summed E-state index contributed by atoms with van der Waals surface area (Å²) in [5.41, 5.74) is 0.597. The first-order valence-corrected chi connectivity index (χ1v) is 11.9. The van der Waals surface area contributed by atoms with Crippen molar-refractivity contribution in [1.82, 2.24) is 16.0 Å². The smallest absolute Gasteiger partial charge is 0.484 e. The number of hydrogen-bond acceptors (Lipinski definition) is 7. The van der Waals surface area contributed by atoms with Gasteiger partial charge < -0.3 is 29.6 Å². The van der Waals surface area contributed by atoms with Crippen molar-refractivity contribution < 1.29 is 37.3 Å². The molecule has 4 fully saturated rings. The van der Waals surface area contributed by atoms with Gasteiger partial charge in [-0.1, -0.05) is 30.3 Å². The highest BCUT2D eigenvalue weighted by atomic mass is 19.3. The maximum absolute atomic E-state index is 13.2. The number of hydrogen-bond donors (Lipinski definition) is 3. The van der Waals surface area contributed by atoms with E-state index >= 15 is 0 Å². The highest BCUT2D eigenvalue weighted by Crippen LogP contribution is 2.52. The fourth-order valence-corrected chi connectivity index (χ4v) is 5.53. The summed E-state index contributed by atoms with van der Waals surface area (Å²) in [6.07, 6.45) is -2.41. The Bertz CT molecular complexity index is 1170. The first-order chi connectivity index (χ1) is 17.3. The molecule has 2 aromatic carbocycles. The Kier molecular flexibility index (Phi) is 5.49. The largest absolute Gasteiger partial charge is 0.586 e. The lowest BCUT2D eigenvalue weighted by molar-refractivity contribution is -0.286. The molecule has 11 heteroatoms. The van der Waals surface area contributed by atoms with Gasteiger partial charge in [-0.2, -0.15) is 0 Å². The molecule has 0 spiro atoms. The number of halogens is 2. The van der Waals surface area contributed by atoms with Gasteiger partial charge in [0.1, 0.15) is 12.0 Å². The van der Waals surface area contributed by atoms with Gasteiger partial charge in [0.2, 0.25) is 0 Å². The number of alkyl halides is 2. The number of nitrogens with one attached hydrogen (secondary N) is 3. The number of ether oxygens (including phenoxy) is 4. The fourth-order valence-electron chi connectivity index (χ4n) is 5.53. The van der Waals surface area contributed by atoms with E-state index in [1.165, 1.54) is 18.2 Å². The molecule has 9 nitrogen and oxygen atoms in total. The van der Waals surface area contributed by atoms with E-state index in [1.807, 2.05) is 30.3 Å². The van der Waals surface area contributed by atoms with Crippen LogP contribution >= 0.6 is 0 Å². The Labute approximate surface area is 205 Å². The summed E-state index contributed by atoms with van der Waals surface area (Å²) in [5.74, 6) is -0.210. The van der Waals surface area contributed by atoms with Gasteiger partial charge in [-0.15, -0.1) is 8.78 Å². The number of carbonyl (C=O) groups excluding carboxylic acids is 2. The van der Waals surface area contributed by atoms with Crippen LogP contribution < -0.4 is 30.2 Å². The molecular formula is C25H25F2N3O6. The Balaban J connectivity index is 0.967. The molecule has 2 bridgehead atoms. The van der Waals surface area contributed by atoms with Gasteiger partial charge in [0.05, 0.1) is 0 Å². The molecule has 190 valence electrons. The monoisotopic (exact) mass is 501 g/mol. The van der Waals surface area contributed by atoms with Crippen molar-refractivity contribution in [3.8, 4) is 17.2 Å². The molecule has 2 aliphatic heterocycles. The van der Waals surface area contributed by atoms with Crippen LogP contribution in [0, 0.1) is 5.92 Å². The van der Waals surface area contributed by atoms with Crippen LogP contribution in [0.1, 0.15) is 31.1 Å². The summed E-state index contributed by atoms with van der Waals surface area (Å²) in [6.45, 7) is 0.154. The van der Waals surface area contributed by atoms with Gasteiger partial charge in [-0.05, 0) is 42.9 Å². The fraction of sp³-hybridized carbons (Fsp3) is 0.440. The number of benzene rings is 2. The van der Waals surface area contributed by atoms with Crippen molar-refractivity contribution in [2.45, 2.75) is 49.5 Å². The van der Waals surface area contributed by atoms with Gasteiger partial charge in [0.15, 0.2) is 24.2 Å². The Morgan fingerprint density at radius 1 is 1.06 bits per heavy atom. The molecule has 2 aromatic rings. The van der Waals surface area contributed by atoms with E-state index in [4.69, 9.17) is 9.47 Å². The van der Waals surface area contributed by atoms with Gasteiger partial charge >= 0.3 is 6.29 Å². The van der Waals surface area contributed by atoms with E-state index in [0.29, 0.717) is 18.9 Å². The molecule has 0 radical (unpaired) electrons. The molecule has 3 saturated carbocycles. The second-order valence-electron chi connectivity index (χ2n) is 9.70. The average molecular weight is 501 g/mol. The van der Waals surface area contributed by atoms with Gasteiger partial charge in [0, 0.05) is 24.2 Å². The molecule has 1 saturated heterocycles. The zero-order chi connectivity index (χ0) is 24.9. The Morgan fingerprint density at radius 3 is 2.64 bits per heavy atom. The molecule has 5 aliphatic rings. The highest BCUT2D eigenvalue weighted by Gasteiger charge is 2.57. The second kappa shape index (κ2) is 8.59. The van der Waals surface area contributed by atoms with E-state index in [-0.39, 0.29) is 53.5 Å². The van der Waals surface area contributed by atoms with Crippen LogP contribution in [0.4, 0.5) is 8.78 Å². The lowest BCUT2D eigenvalue weighted by atomic mass is 9.76. The van der Waals surface area contributed by atoms with E-state index in [0.717, 1.165) is 18.4 Å². The SMILES string of the molecule is O=C(COc1ccc2c(c1)OC(F)(F)O2)NC12CC(C1)C(NC(=O)C1CNC(c3ccccc3)O1)C2. The minimum absolute atomic E-state index is 0.0337. The quantitative estimate of drug-likeness (QED) is 0.534. The standard InChI is InChI=1S/C25H25F2N3O6/c26-25(27)35-18-7-6-16(8-19(18)36-25)33-13-21(31)30-24-9-15(10-24)17(11-24)29-22(32)20-12-28-23(34-20)14-4-2-1-3-5-14/h1-8,15,17,20,23,28H,9-13H2,(H,29,32)(H,30,31). The molecule has 3 atom stereocenters. The van der Waals surface area contributed by atoms with Crippen LogP contribution in [-0.4, -0.2) is 48.9 Å². The molecule has 36 heavy (non-hydrogen) atoms. The van der Waals surface area contributed by atoms with Gasteiger partial charge in [-0.3, -0.25) is 14.9 Å². The second-order valence-corrected chi connectivity index (χ2v) is 9.70. The number of amides is 2. The minimum Gasteiger partial charge on any atom is -0.484 e. The van der Waals surface area contributed by atoms with Crippen molar-refractivity contribution in [3.05, 3.63) is 54.1 Å². The molecule has 0 aromatic heterocycles. The van der Waals surface area contributed by atoms with E-state index in [1.54, 1.807) is 0 Å². The average Bonchev–Trinajstić information content (AvgIpc) is 3.58. The van der Waals surface area contributed by atoms with Crippen LogP contribution in [0.25, 0.3) is 0 Å². The van der Waals surface area contributed by atoms with Crippen LogP contribution in [0.15, 0.2) is 48.5 Å². The van der Waals surface area contributed by atoms with Crippen molar-refractivity contribution in [3.63, 3.8) is 0 Å². The van der Waals surface area contributed by atoms with Gasteiger partial charge in [0.25, 0.3) is 11.8 Å². The van der Waals surface area contributed by atoms with E-state index < -0.39 is 12.4 Å². The van der Waals surface area contributed by atoms with Crippen LogP contribution in [0.5, 0.6) is 17.2 Å². The van der Waals surface area contributed by atoms with Crippen molar-refractivity contribution in [2.24, 2.45) is 5.92 Å². The van der Waals surface area contributed by atoms with Crippen molar-refractivity contribution in [2.75, 3.05) is 13.2 Å². The van der Waals surface area contributed by atoms with Crippen LogP contribution in [-0.2, 0) is 14.3 Å². The van der Waals surface area contributed by atoms with Crippen LogP contribution in [0.3, 0.4) is 0 Å². The lowest BCUT2D eigenvalue weighted by Crippen LogP contribution is -2.53. The van der Waals surface area contributed by atoms with Crippen molar-refractivity contribution in [1.29, 1.82) is 0 Å². The van der Waals surface area contributed by atoms with Gasteiger partial charge in [-0.25, -0.2) is 0 Å². The lowest BCUT2D eigenvalue weighted by Gasteiger charge is -2.39. The molecule has 3 N–H and O–H groups in total. The third-order valence-corrected chi connectivity index (χ3v) is 7.14. The highest BCUT2D eigenvalue weighted by molar-refractivity contribution is 5.82. The molecule has 7 rings (SSSR count). The summed E-state index contributed by atoms with van der Waals surface area (Å²) in [4.78, 5) is 25.3. The predicted octanol–water partition coefficient (Wildman–Crippen LogP) is 2.23. The Morgan fingerprint density at radius 2 is 1.83 bits per heavy atom. The first kappa shape index (κ1) is 23.0. The first-order valence-electron chi connectivity index (χ1n) is 11.9. The molecule has 3 aliphatic carbocycles. The minimum atomic E-state index is -3.71. The summed E-state index contributed by atoms with van der Waals surface area (Å²) < 4.78 is 46.4. The zero-order valence-corrected chi connectivity index (χ0v) is 19.2. The molecule has 3 unspecified atom stereocenters. The number of rotatable bonds is 7. The molecule has 2 heterocycles. The molecular weight excluding hydrogens is 476 g/mol. The van der Waals surface area contributed by atoms with Crippen LogP contribution in [0.2, 0.25) is 0 Å². The molecule has 2 amide bonds. The Hall–Kier alpha value is -3.44.